The zero-order chi connectivity index (χ0) is 16.4. The Morgan fingerprint density at radius 2 is 2.17 bits per heavy atom. The zero-order valence-corrected chi connectivity index (χ0v) is 13.0. The normalized spacial score (nSPS) is 11.1. The molecule has 3 rings (SSSR count). The molecule has 0 aliphatic heterocycles. The van der Waals surface area contributed by atoms with E-state index in [-0.39, 0.29) is 24.8 Å². The molecule has 120 valence electrons. The number of nitrogens with zero attached hydrogens (tertiary/aromatic N) is 3. The lowest BCUT2D eigenvalue weighted by molar-refractivity contribution is 0.0938. The molecule has 3 aromatic rings. The van der Waals surface area contributed by atoms with E-state index in [0.717, 1.165) is 23.1 Å². The Hall–Kier alpha value is -2.67. The van der Waals surface area contributed by atoms with Gasteiger partial charge in [0.15, 0.2) is 5.69 Å². The van der Waals surface area contributed by atoms with Crippen LogP contribution < -0.4 is 5.32 Å². The molecule has 7 heteroatoms. The number of nitrogens with one attached hydrogen (secondary N) is 1. The van der Waals surface area contributed by atoms with E-state index in [9.17, 15) is 9.90 Å². The largest absolute Gasteiger partial charge is 0.391 e. The zero-order valence-electron chi connectivity index (χ0n) is 13.0. The summed E-state index contributed by atoms with van der Waals surface area (Å²) in [4.78, 5) is 12.2. The van der Waals surface area contributed by atoms with Crippen LogP contribution in [-0.2, 0) is 19.7 Å². The summed E-state index contributed by atoms with van der Waals surface area (Å²) in [6.45, 7) is 4.43. The van der Waals surface area contributed by atoms with Gasteiger partial charge in [-0.2, -0.15) is 5.10 Å². The number of carbonyl (C=O) groups is 1. The van der Waals surface area contributed by atoms with Gasteiger partial charge < -0.3 is 14.9 Å². The number of para-hydroxylation sites is 1. The quantitative estimate of drug-likeness (QED) is 0.748. The molecule has 2 heterocycles. The lowest BCUT2D eigenvalue weighted by atomic mass is 10.2. The smallest absolute Gasteiger partial charge is 0.274 e. The second-order valence-corrected chi connectivity index (χ2v) is 5.19. The Labute approximate surface area is 132 Å². The lowest BCUT2D eigenvalue weighted by Gasteiger charge is -2.02. The lowest BCUT2D eigenvalue weighted by Crippen LogP contribution is -2.24. The summed E-state index contributed by atoms with van der Waals surface area (Å²) in [7, 11) is 0. The van der Waals surface area contributed by atoms with E-state index in [4.69, 9.17) is 4.52 Å². The molecule has 1 aromatic carbocycles. The minimum atomic E-state index is -0.388. The van der Waals surface area contributed by atoms with Gasteiger partial charge in [-0.25, -0.2) is 0 Å². The fraction of sp³-hybridized carbons (Fsp3) is 0.312. The summed E-state index contributed by atoms with van der Waals surface area (Å²) in [5.41, 5.74) is 2.35. The van der Waals surface area contributed by atoms with Crippen LogP contribution in [0.2, 0.25) is 0 Å². The maximum Gasteiger partial charge on any atom is 0.274 e. The third-order valence-corrected chi connectivity index (χ3v) is 3.81. The summed E-state index contributed by atoms with van der Waals surface area (Å²) in [5, 5.41) is 21.3. The van der Waals surface area contributed by atoms with Crippen LogP contribution in [0, 0.1) is 6.92 Å². The number of carbonyl (C=O) groups excluding carboxylic acids is 1. The van der Waals surface area contributed by atoms with Crippen molar-refractivity contribution in [2.45, 2.75) is 33.5 Å². The second kappa shape index (κ2) is 6.21. The van der Waals surface area contributed by atoms with E-state index in [1.54, 1.807) is 6.92 Å². The van der Waals surface area contributed by atoms with Crippen molar-refractivity contribution < 1.29 is 14.4 Å². The highest BCUT2D eigenvalue weighted by Crippen LogP contribution is 2.19. The minimum Gasteiger partial charge on any atom is -0.391 e. The number of amides is 1. The molecule has 0 aliphatic rings. The van der Waals surface area contributed by atoms with Crippen LogP contribution in [0.1, 0.15) is 34.4 Å². The molecule has 1 amide bonds. The first kappa shape index (κ1) is 15.2. The van der Waals surface area contributed by atoms with Crippen molar-refractivity contribution >= 4 is 16.8 Å². The van der Waals surface area contributed by atoms with Crippen LogP contribution in [-0.4, -0.2) is 26.0 Å². The first-order valence-electron chi connectivity index (χ1n) is 7.44. The average molecular weight is 314 g/mol. The maximum atomic E-state index is 12.2. The standard InChI is InChI=1S/C16H18N4O3/c1-3-20-14-7-5-4-6-11(14)13(18-20)8-17-16(22)15-12(9-21)10(2)23-19-15/h4-7,21H,3,8-9H2,1-2H3,(H,17,22). The molecule has 2 N–H and O–H groups in total. The number of aromatic nitrogens is 3. The van der Waals surface area contributed by atoms with Crippen molar-refractivity contribution in [1.29, 1.82) is 0 Å². The molecule has 7 nitrogen and oxygen atoms in total. The van der Waals surface area contributed by atoms with E-state index in [2.05, 4.69) is 15.6 Å². The summed E-state index contributed by atoms with van der Waals surface area (Å²) in [5.74, 6) is 0.0550. The molecule has 0 atom stereocenters. The molecule has 0 spiro atoms. The van der Waals surface area contributed by atoms with Crippen LogP contribution in [0.5, 0.6) is 0 Å². The van der Waals surface area contributed by atoms with Crippen molar-refractivity contribution in [3.63, 3.8) is 0 Å². The van der Waals surface area contributed by atoms with Gasteiger partial charge in [0.25, 0.3) is 5.91 Å². The second-order valence-electron chi connectivity index (χ2n) is 5.19. The molecule has 0 saturated heterocycles. The molecule has 2 aromatic heterocycles. The SMILES string of the molecule is CCn1nc(CNC(=O)c2noc(C)c2CO)c2ccccc21. The fourth-order valence-electron chi connectivity index (χ4n) is 2.57. The first-order valence-corrected chi connectivity index (χ1v) is 7.44. The highest BCUT2D eigenvalue weighted by Gasteiger charge is 2.19. The molecular weight excluding hydrogens is 296 g/mol. The van der Waals surface area contributed by atoms with Crippen LogP contribution >= 0.6 is 0 Å². The minimum absolute atomic E-state index is 0.115. The van der Waals surface area contributed by atoms with E-state index in [0.29, 0.717) is 11.3 Å². The number of hydrogen-bond acceptors (Lipinski definition) is 5. The van der Waals surface area contributed by atoms with Crippen molar-refractivity contribution in [2.75, 3.05) is 0 Å². The van der Waals surface area contributed by atoms with Gasteiger partial charge in [0, 0.05) is 11.9 Å². The molecule has 0 bridgehead atoms. The number of benzene rings is 1. The van der Waals surface area contributed by atoms with Gasteiger partial charge >= 0.3 is 0 Å². The average Bonchev–Trinajstić information content (AvgIpc) is 3.13. The highest BCUT2D eigenvalue weighted by atomic mass is 16.5. The van der Waals surface area contributed by atoms with E-state index < -0.39 is 0 Å². The molecule has 0 unspecified atom stereocenters. The van der Waals surface area contributed by atoms with Crippen LogP contribution in [0.25, 0.3) is 10.9 Å². The number of aliphatic hydroxyl groups excluding tert-OH is 1. The summed E-state index contributed by atoms with van der Waals surface area (Å²) in [6.07, 6.45) is 0. The number of fused-ring (bicyclic) bond motifs is 1. The number of aryl methyl sites for hydroxylation is 2. The topological polar surface area (TPSA) is 93.2 Å². The number of hydrogen-bond donors (Lipinski definition) is 2. The third kappa shape index (κ3) is 2.70. The van der Waals surface area contributed by atoms with Gasteiger partial charge in [-0.15, -0.1) is 0 Å². The van der Waals surface area contributed by atoms with Crippen LogP contribution in [0.4, 0.5) is 0 Å². The van der Waals surface area contributed by atoms with Crippen LogP contribution in [0.15, 0.2) is 28.8 Å². The molecular formula is C16H18N4O3. The Kier molecular flexibility index (Phi) is 4.12. The Morgan fingerprint density at radius 1 is 1.39 bits per heavy atom. The van der Waals surface area contributed by atoms with Gasteiger partial charge in [-0.05, 0) is 19.9 Å². The molecule has 23 heavy (non-hydrogen) atoms. The summed E-state index contributed by atoms with van der Waals surface area (Å²) >= 11 is 0. The maximum absolute atomic E-state index is 12.2. The van der Waals surface area contributed by atoms with Crippen molar-refractivity contribution in [3.8, 4) is 0 Å². The van der Waals surface area contributed by atoms with Gasteiger partial charge in [0.2, 0.25) is 0 Å². The predicted octanol–water partition coefficient (Wildman–Crippen LogP) is 1.77. The fourth-order valence-corrected chi connectivity index (χ4v) is 2.57. The number of rotatable bonds is 5. The van der Waals surface area contributed by atoms with Crippen LogP contribution in [0.3, 0.4) is 0 Å². The third-order valence-electron chi connectivity index (χ3n) is 3.81. The van der Waals surface area contributed by atoms with Gasteiger partial charge in [-0.1, -0.05) is 23.4 Å². The van der Waals surface area contributed by atoms with Gasteiger partial charge in [0.05, 0.1) is 29.9 Å². The molecule has 0 aliphatic carbocycles. The molecule has 0 radical (unpaired) electrons. The summed E-state index contributed by atoms with van der Waals surface area (Å²) < 4.78 is 6.86. The Bertz CT molecular complexity index is 850. The monoisotopic (exact) mass is 314 g/mol. The molecule has 0 fully saturated rings. The molecule has 0 saturated carbocycles. The Morgan fingerprint density at radius 3 is 2.91 bits per heavy atom. The van der Waals surface area contributed by atoms with E-state index >= 15 is 0 Å². The van der Waals surface area contributed by atoms with Gasteiger partial charge in [0.1, 0.15) is 5.76 Å². The van der Waals surface area contributed by atoms with Crippen molar-refractivity contribution in [2.24, 2.45) is 0 Å². The first-order chi connectivity index (χ1) is 11.2. The Balaban J connectivity index is 1.82. The van der Waals surface area contributed by atoms with Crippen molar-refractivity contribution in [3.05, 3.63) is 47.0 Å². The van der Waals surface area contributed by atoms with Gasteiger partial charge in [-0.3, -0.25) is 9.48 Å². The van der Waals surface area contributed by atoms with E-state index in [1.807, 2.05) is 35.9 Å². The van der Waals surface area contributed by atoms with Crippen molar-refractivity contribution in [1.82, 2.24) is 20.3 Å². The summed E-state index contributed by atoms with van der Waals surface area (Å²) in [6, 6.07) is 7.89. The predicted molar refractivity (Wildman–Crippen MR) is 83.7 cm³/mol. The van der Waals surface area contributed by atoms with E-state index in [1.165, 1.54) is 0 Å². The highest BCUT2D eigenvalue weighted by molar-refractivity contribution is 5.94. The number of aliphatic hydroxyl groups is 1.